The summed E-state index contributed by atoms with van der Waals surface area (Å²) in [7, 11) is 0. The second kappa shape index (κ2) is 6.67. The van der Waals surface area contributed by atoms with E-state index in [9.17, 15) is 4.79 Å². The van der Waals surface area contributed by atoms with E-state index in [0.717, 1.165) is 18.7 Å². The number of aryl methyl sites for hydroxylation is 3. The Morgan fingerprint density at radius 1 is 1.32 bits per heavy atom. The van der Waals surface area contributed by atoms with Gasteiger partial charge in [-0.1, -0.05) is 5.21 Å². The Labute approximate surface area is 111 Å². The molecule has 102 valence electrons. The van der Waals surface area contributed by atoms with E-state index in [1.165, 1.54) is 0 Å². The fourth-order valence-electron chi connectivity index (χ4n) is 1.71. The van der Waals surface area contributed by atoms with Crippen molar-refractivity contribution in [2.24, 2.45) is 0 Å². The SMILES string of the molecule is Cc1ccn(CCC(=O)NCCCn2ccnn2)n1. The van der Waals surface area contributed by atoms with Crippen LogP contribution in [0.3, 0.4) is 0 Å². The first-order valence-corrected chi connectivity index (χ1v) is 6.35. The van der Waals surface area contributed by atoms with E-state index in [-0.39, 0.29) is 5.91 Å². The zero-order valence-electron chi connectivity index (χ0n) is 11.0. The van der Waals surface area contributed by atoms with Crippen molar-refractivity contribution in [2.75, 3.05) is 6.54 Å². The Hall–Kier alpha value is -2.18. The molecule has 1 N–H and O–H groups in total. The molecule has 2 heterocycles. The first-order valence-electron chi connectivity index (χ1n) is 6.35. The number of nitrogens with one attached hydrogen (secondary N) is 1. The highest BCUT2D eigenvalue weighted by molar-refractivity contribution is 5.75. The largest absolute Gasteiger partial charge is 0.356 e. The second-order valence-corrected chi connectivity index (χ2v) is 4.34. The summed E-state index contributed by atoms with van der Waals surface area (Å²) in [5, 5.41) is 14.7. The van der Waals surface area contributed by atoms with Gasteiger partial charge in [-0.15, -0.1) is 5.10 Å². The van der Waals surface area contributed by atoms with Gasteiger partial charge in [0.25, 0.3) is 0 Å². The predicted molar refractivity (Wildman–Crippen MR) is 69.2 cm³/mol. The molecule has 0 saturated carbocycles. The maximum Gasteiger partial charge on any atom is 0.221 e. The Bertz CT molecular complexity index is 504. The van der Waals surface area contributed by atoms with Gasteiger partial charge in [0.1, 0.15) is 0 Å². The number of aromatic nitrogens is 5. The van der Waals surface area contributed by atoms with E-state index in [1.807, 2.05) is 25.4 Å². The fourth-order valence-corrected chi connectivity index (χ4v) is 1.71. The summed E-state index contributed by atoms with van der Waals surface area (Å²) in [4.78, 5) is 11.6. The van der Waals surface area contributed by atoms with Crippen molar-refractivity contribution in [3.8, 4) is 0 Å². The summed E-state index contributed by atoms with van der Waals surface area (Å²) in [5.41, 5.74) is 0.966. The van der Waals surface area contributed by atoms with Gasteiger partial charge in [-0.25, -0.2) is 0 Å². The summed E-state index contributed by atoms with van der Waals surface area (Å²) in [5.74, 6) is 0.0479. The van der Waals surface area contributed by atoms with E-state index >= 15 is 0 Å². The highest BCUT2D eigenvalue weighted by Crippen LogP contribution is 1.95. The lowest BCUT2D eigenvalue weighted by Gasteiger charge is -2.05. The zero-order valence-corrected chi connectivity index (χ0v) is 11.0. The van der Waals surface area contributed by atoms with Gasteiger partial charge in [-0.05, 0) is 19.4 Å². The van der Waals surface area contributed by atoms with Gasteiger partial charge in [0.15, 0.2) is 0 Å². The van der Waals surface area contributed by atoms with Crippen LogP contribution in [0.4, 0.5) is 0 Å². The number of carbonyl (C=O) groups excluding carboxylic acids is 1. The molecule has 2 rings (SSSR count). The topological polar surface area (TPSA) is 77.6 Å². The lowest BCUT2D eigenvalue weighted by atomic mass is 10.3. The van der Waals surface area contributed by atoms with Crippen LogP contribution in [0, 0.1) is 6.92 Å². The van der Waals surface area contributed by atoms with Crippen LogP contribution in [-0.4, -0.2) is 37.2 Å². The number of carbonyl (C=O) groups is 1. The van der Waals surface area contributed by atoms with E-state index in [4.69, 9.17) is 0 Å². The Morgan fingerprint density at radius 3 is 2.89 bits per heavy atom. The molecule has 0 aliphatic carbocycles. The maximum atomic E-state index is 11.6. The minimum atomic E-state index is 0.0479. The van der Waals surface area contributed by atoms with Gasteiger partial charge in [-0.2, -0.15) is 5.10 Å². The lowest BCUT2D eigenvalue weighted by molar-refractivity contribution is -0.121. The van der Waals surface area contributed by atoms with Crippen molar-refractivity contribution in [3.05, 3.63) is 30.4 Å². The number of rotatable bonds is 7. The molecular weight excluding hydrogens is 244 g/mol. The summed E-state index contributed by atoms with van der Waals surface area (Å²) >= 11 is 0. The molecule has 2 aromatic heterocycles. The Balaban J connectivity index is 1.57. The van der Waals surface area contributed by atoms with Crippen LogP contribution < -0.4 is 5.32 Å². The van der Waals surface area contributed by atoms with Gasteiger partial charge in [-0.3, -0.25) is 14.2 Å². The molecule has 0 aromatic carbocycles. The van der Waals surface area contributed by atoms with Crippen molar-refractivity contribution in [1.82, 2.24) is 30.1 Å². The standard InChI is InChI=1S/C12H18N6O/c1-11-3-8-17(15-11)9-4-12(19)13-5-2-7-18-10-6-14-16-18/h3,6,8,10H,2,4-5,7,9H2,1H3,(H,13,19). The van der Waals surface area contributed by atoms with Gasteiger partial charge < -0.3 is 5.32 Å². The molecule has 0 radical (unpaired) electrons. The number of hydrogen-bond donors (Lipinski definition) is 1. The molecule has 0 bridgehead atoms. The molecular formula is C12H18N6O. The second-order valence-electron chi connectivity index (χ2n) is 4.34. The van der Waals surface area contributed by atoms with Crippen LogP contribution in [0.5, 0.6) is 0 Å². The summed E-state index contributed by atoms with van der Waals surface area (Å²) in [6.45, 7) is 3.96. The van der Waals surface area contributed by atoms with Crippen molar-refractivity contribution >= 4 is 5.91 Å². The quantitative estimate of drug-likeness (QED) is 0.732. The van der Waals surface area contributed by atoms with Crippen LogP contribution in [0.1, 0.15) is 18.5 Å². The summed E-state index contributed by atoms with van der Waals surface area (Å²) in [6.07, 6.45) is 6.63. The molecule has 0 unspecified atom stereocenters. The van der Waals surface area contributed by atoms with E-state index < -0.39 is 0 Å². The molecule has 0 fully saturated rings. The molecule has 0 atom stereocenters. The lowest BCUT2D eigenvalue weighted by Crippen LogP contribution is -2.26. The first-order chi connectivity index (χ1) is 9.24. The van der Waals surface area contributed by atoms with Crippen LogP contribution in [0.25, 0.3) is 0 Å². The minimum absolute atomic E-state index is 0.0479. The Kier molecular flexibility index (Phi) is 4.66. The molecule has 7 nitrogen and oxygen atoms in total. The average molecular weight is 262 g/mol. The van der Waals surface area contributed by atoms with Gasteiger partial charge >= 0.3 is 0 Å². The first kappa shape index (κ1) is 13.3. The van der Waals surface area contributed by atoms with Gasteiger partial charge in [0, 0.05) is 38.4 Å². The maximum absolute atomic E-state index is 11.6. The van der Waals surface area contributed by atoms with Crippen molar-refractivity contribution in [3.63, 3.8) is 0 Å². The van der Waals surface area contributed by atoms with Crippen LogP contribution in [0.15, 0.2) is 24.7 Å². The molecule has 19 heavy (non-hydrogen) atoms. The number of nitrogens with zero attached hydrogens (tertiary/aromatic N) is 5. The highest BCUT2D eigenvalue weighted by Gasteiger charge is 2.02. The smallest absolute Gasteiger partial charge is 0.221 e. The Morgan fingerprint density at radius 2 is 2.21 bits per heavy atom. The number of amides is 1. The van der Waals surface area contributed by atoms with Crippen molar-refractivity contribution < 1.29 is 4.79 Å². The normalized spacial score (nSPS) is 10.6. The molecule has 2 aromatic rings. The molecule has 0 aliphatic rings. The van der Waals surface area contributed by atoms with Crippen LogP contribution in [-0.2, 0) is 17.9 Å². The third kappa shape index (κ3) is 4.53. The molecule has 0 aliphatic heterocycles. The summed E-state index contributed by atoms with van der Waals surface area (Å²) in [6, 6.07) is 1.93. The summed E-state index contributed by atoms with van der Waals surface area (Å²) < 4.78 is 3.53. The fraction of sp³-hybridized carbons (Fsp3) is 0.500. The average Bonchev–Trinajstić information content (AvgIpc) is 3.03. The third-order valence-electron chi connectivity index (χ3n) is 2.70. The highest BCUT2D eigenvalue weighted by atomic mass is 16.1. The minimum Gasteiger partial charge on any atom is -0.356 e. The van der Waals surface area contributed by atoms with Crippen molar-refractivity contribution in [1.29, 1.82) is 0 Å². The van der Waals surface area contributed by atoms with Crippen LogP contribution in [0.2, 0.25) is 0 Å². The van der Waals surface area contributed by atoms with Crippen LogP contribution >= 0.6 is 0 Å². The zero-order chi connectivity index (χ0) is 13.5. The van der Waals surface area contributed by atoms with E-state index in [1.54, 1.807) is 15.6 Å². The van der Waals surface area contributed by atoms with E-state index in [0.29, 0.717) is 19.5 Å². The third-order valence-corrected chi connectivity index (χ3v) is 2.70. The number of hydrogen-bond acceptors (Lipinski definition) is 4. The van der Waals surface area contributed by atoms with Crippen molar-refractivity contribution in [2.45, 2.75) is 32.9 Å². The predicted octanol–water partition coefficient (Wildman–Crippen LogP) is 0.380. The molecule has 1 amide bonds. The van der Waals surface area contributed by atoms with Gasteiger partial charge in [0.2, 0.25) is 5.91 Å². The molecule has 0 saturated heterocycles. The molecule has 7 heteroatoms. The monoisotopic (exact) mass is 262 g/mol. The van der Waals surface area contributed by atoms with Gasteiger partial charge in [0.05, 0.1) is 11.9 Å². The molecule has 0 spiro atoms. The van der Waals surface area contributed by atoms with E-state index in [2.05, 4.69) is 20.7 Å².